The molecule has 1 unspecified atom stereocenters. The fraction of sp³-hybridized carbons (Fsp3) is 0.800. The van der Waals surface area contributed by atoms with E-state index in [1.807, 2.05) is 7.05 Å². The van der Waals surface area contributed by atoms with Crippen molar-refractivity contribution in [1.82, 2.24) is 25.1 Å². The van der Waals surface area contributed by atoms with Crippen molar-refractivity contribution in [2.24, 2.45) is 4.99 Å². The van der Waals surface area contributed by atoms with E-state index in [1.54, 1.807) is 0 Å². The molecule has 0 aromatic carbocycles. The van der Waals surface area contributed by atoms with Crippen LogP contribution in [0.1, 0.15) is 56.5 Å². The fourth-order valence-corrected chi connectivity index (χ4v) is 4.80. The second-order valence-electron chi connectivity index (χ2n) is 8.11. The Morgan fingerprint density at radius 2 is 2.08 bits per heavy atom. The number of fused-ring (bicyclic) bond motifs is 1. The zero-order valence-electron chi connectivity index (χ0n) is 16.2. The highest BCUT2D eigenvalue weighted by atomic mass is 15.3. The van der Waals surface area contributed by atoms with Crippen LogP contribution in [0.5, 0.6) is 0 Å². The van der Waals surface area contributed by atoms with Crippen LogP contribution < -0.4 is 10.6 Å². The Balaban J connectivity index is 1.20. The molecule has 1 saturated carbocycles. The summed E-state index contributed by atoms with van der Waals surface area (Å²) >= 11 is 0. The molecule has 1 aromatic heterocycles. The Labute approximate surface area is 157 Å². The number of hydrogen-bond acceptors (Lipinski definition) is 3. The van der Waals surface area contributed by atoms with Gasteiger partial charge >= 0.3 is 0 Å². The normalized spacial score (nSPS) is 24.8. The van der Waals surface area contributed by atoms with E-state index in [0.29, 0.717) is 6.04 Å². The first kappa shape index (κ1) is 17.8. The summed E-state index contributed by atoms with van der Waals surface area (Å²) in [6, 6.07) is 1.37. The molecule has 6 nitrogen and oxygen atoms in total. The molecule has 0 spiro atoms. The zero-order chi connectivity index (χ0) is 17.8. The van der Waals surface area contributed by atoms with Crippen molar-refractivity contribution >= 4 is 5.96 Å². The van der Waals surface area contributed by atoms with Crippen LogP contribution in [-0.2, 0) is 19.4 Å². The van der Waals surface area contributed by atoms with Crippen molar-refractivity contribution in [2.75, 3.05) is 26.7 Å². The van der Waals surface area contributed by atoms with Crippen LogP contribution >= 0.6 is 0 Å². The standard InChI is InChI=1S/C20H34N6/c1-21-20(24-17-10-13-25(14-17)18-6-2-3-7-18)22-11-9-16-15-26-12-5-4-8-19(26)23-16/h15,17-18H,2-14H2,1H3,(H2,21,22,24). The second-order valence-corrected chi connectivity index (χ2v) is 8.11. The summed E-state index contributed by atoms with van der Waals surface area (Å²) in [5, 5.41) is 7.11. The molecule has 3 aliphatic rings. The first-order valence-electron chi connectivity index (χ1n) is 10.6. The number of hydrogen-bond donors (Lipinski definition) is 2. The first-order chi connectivity index (χ1) is 12.8. The van der Waals surface area contributed by atoms with E-state index in [-0.39, 0.29) is 0 Å². The number of rotatable bonds is 5. The molecule has 26 heavy (non-hydrogen) atoms. The van der Waals surface area contributed by atoms with Gasteiger partial charge in [-0.2, -0.15) is 0 Å². The average molecular weight is 359 g/mol. The number of nitrogens with zero attached hydrogens (tertiary/aromatic N) is 4. The van der Waals surface area contributed by atoms with Gasteiger partial charge in [-0.3, -0.25) is 9.89 Å². The summed E-state index contributed by atoms with van der Waals surface area (Å²) in [5.41, 5.74) is 1.21. The molecular formula is C20H34N6. The lowest BCUT2D eigenvalue weighted by Gasteiger charge is -2.24. The largest absolute Gasteiger partial charge is 0.356 e. The van der Waals surface area contributed by atoms with Crippen molar-refractivity contribution in [1.29, 1.82) is 0 Å². The quantitative estimate of drug-likeness (QED) is 0.624. The minimum atomic E-state index is 0.529. The summed E-state index contributed by atoms with van der Waals surface area (Å²) in [6.07, 6.45) is 13.8. The lowest BCUT2D eigenvalue weighted by molar-refractivity contribution is 0.242. The molecule has 1 aromatic rings. The molecule has 2 fully saturated rings. The Kier molecular flexibility index (Phi) is 5.78. The molecule has 1 atom stereocenters. The lowest BCUT2D eigenvalue weighted by Crippen LogP contribution is -2.45. The minimum absolute atomic E-state index is 0.529. The van der Waals surface area contributed by atoms with Gasteiger partial charge in [-0.25, -0.2) is 4.98 Å². The Bertz CT molecular complexity index is 592. The molecule has 0 amide bonds. The van der Waals surface area contributed by atoms with Crippen LogP contribution in [0.25, 0.3) is 0 Å². The number of guanidine groups is 1. The Hall–Kier alpha value is -1.56. The molecule has 1 saturated heterocycles. The van der Waals surface area contributed by atoms with Gasteiger partial charge < -0.3 is 15.2 Å². The smallest absolute Gasteiger partial charge is 0.191 e. The van der Waals surface area contributed by atoms with Crippen LogP contribution in [0, 0.1) is 0 Å². The van der Waals surface area contributed by atoms with Gasteiger partial charge in [-0.05, 0) is 32.1 Å². The number of nitrogens with one attached hydrogen (secondary N) is 2. The number of aromatic nitrogens is 2. The van der Waals surface area contributed by atoms with Gasteiger partial charge in [0.25, 0.3) is 0 Å². The van der Waals surface area contributed by atoms with Gasteiger partial charge in [0.15, 0.2) is 5.96 Å². The number of imidazole rings is 1. The summed E-state index contributed by atoms with van der Waals surface area (Å²) in [6.45, 7) is 4.42. The number of aryl methyl sites for hydroxylation is 2. The monoisotopic (exact) mass is 358 g/mol. The van der Waals surface area contributed by atoms with E-state index in [2.05, 4.69) is 31.3 Å². The molecule has 4 rings (SSSR count). The molecule has 3 heterocycles. The molecule has 144 valence electrons. The van der Waals surface area contributed by atoms with Gasteiger partial charge in [-0.1, -0.05) is 12.8 Å². The van der Waals surface area contributed by atoms with Gasteiger partial charge in [0.2, 0.25) is 0 Å². The molecule has 6 heteroatoms. The highest BCUT2D eigenvalue weighted by molar-refractivity contribution is 5.80. The van der Waals surface area contributed by atoms with Gasteiger partial charge in [0.05, 0.1) is 5.69 Å². The van der Waals surface area contributed by atoms with Crippen LogP contribution in [-0.4, -0.2) is 59.2 Å². The van der Waals surface area contributed by atoms with E-state index >= 15 is 0 Å². The third kappa shape index (κ3) is 4.22. The van der Waals surface area contributed by atoms with E-state index in [0.717, 1.165) is 37.9 Å². The minimum Gasteiger partial charge on any atom is -0.356 e. The lowest BCUT2D eigenvalue weighted by atomic mass is 10.2. The third-order valence-electron chi connectivity index (χ3n) is 6.26. The summed E-state index contributed by atoms with van der Waals surface area (Å²) in [4.78, 5) is 11.9. The van der Waals surface area contributed by atoms with E-state index < -0.39 is 0 Å². The molecular weight excluding hydrogens is 324 g/mol. The van der Waals surface area contributed by atoms with Crippen LogP contribution in [0.3, 0.4) is 0 Å². The molecule has 0 radical (unpaired) electrons. The third-order valence-corrected chi connectivity index (χ3v) is 6.26. The second kappa shape index (κ2) is 8.42. The van der Waals surface area contributed by atoms with E-state index in [1.165, 1.54) is 69.6 Å². The Morgan fingerprint density at radius 1 is 1.19 bits per heavy atom. The van der Waals surface area contributed by atoms with Gasteiger partial charge in [0.1, 0.15) is 5.82 Å². The molecule has 1 aliphatic carbocycles. The van der Waals surface area contributed by atoms with E-state index in [9.17, 15) is 0 Å². The summed E-state index contributed by atoms with van der Waals surface area (Å²) in [7, 11) is 1.87. The highest BCUT2D eigenvalue weighted by Crippen LogP contribution is 2.26. The topological polar surface area (TPSA) is 57.5 Å². The molecule has 0 bridgehead atoms. The molecule has 2 N–H and O–H groups in total. The van der Waals surface area contributed by atoms with Crippen molar-refractivity contribution in [2.45, 2.75) is 76.4 Å². The number of aliphatic imine (C=N–C) groups is 1. The van der Waals surface area contributed by atoms with Crippen molar-refractivity contribution in [3.05, 3.63) is 17.7 Å². The number of likely N-dealkylation sites (tertiary alicyclic amines) is 1. The SMILES string of the molecule is CN=C(NCCc1cn2c(n1)CCCC2)NC1CCN(C2CCCC2)C1. The van der Waals surface area contributed by atoms with Crippen LogP contribution in [0.4, 0.5) is 0 Å². The average Bonchev–Trinajstić information content (AvgIpc) is 3.40. The first-order valence-corrected chi connectivity index (χ1v) is 10.6. The zero-order valence-corrected chi connectivity index (χ0v) is 16.2. The van der Waals surface area contributed by atoms with Crippen LogP contribution in [0.15, 0.2) is 11.2 Å². The Morgan fingerprint density at radius 3 is 2.88 bits per heavy atom. The maximum absolute atomic E-state index is 4.79. The van der Waals surface area contributed by atoms with Gasteiger partial charge in [0, 0.05) is 64.3 Å². The summed E-state index contributed by atoms with van der Waals surface area (Å²) in [5.74, 6) is 2.21. The highest BCUT2D eigenvalue weighted by Gasteiger charge is 2.30. The molecule has 2 aliphatic heterocycles. The summed E-state index contributed by atoms with van der Waals surface area (Å²) < 4.78 is 2.34. The maximum atomic E-state index is 4.79. The van der Waals surface area contributed by atoms with Crippen molar-refractivity contribution in [3.8, 4) is 0 Å². The van der Waals surface area contributed by atoms with Gasteiger partial charge in [-0.15, -0.1) is 0 Å². The fourth-order valence-electron chi connectivity index (χ4n) is 4.80. The van der Waals surface area contributed by atoms with E-state index in [4.69, 9.17) is 4.98 Å². The van der Waals surface area contributed by atoms with Crippen molar-refractivity contribution < 1.29 is 0 Å². The predicted molar refractivity (Wildman–Crippen MR) is 106 cm³/mol. The van der Waals surface area contributed by atoms with Crippen LogP contribution in [0.2, 0.25) is 0 Å². The van der Waals surface area contributed by atoms with Crippen molar-refractivity contribution in [3.63, 3.8) is 0 Å². The maximum Gasteiger partial charge on any atom is 0.191 e. The predicted octanol–water partition coefficient (Wildman–Crippen LogP) is 1.94.